The van der Waals surface area contributed by atoms with Crippen molar-refractivity contribution in [3.63, 3.8) is 0 Å². The number of nitrogens with zero attached hydrogens (tertiary/aromatic N) is 3. The van der Waals surface area contributed by atoms with Gasteiger partial charge in [-0.2, -0.15) is 0 Å². The quantitative estimate of drug-likeness (QED) is 0.425. The molecule has 31 heavy (non-hydrogen) atoms. The number of Topliss-reactive ketones (excluding diaryl/α,β-unsaturated/α-hetero) is 1. The fraction of sp³-hybridized carbons (Fsp3) is 0.619. The predicted molar refractivity (Wildman–Crippen MR) is 124 cm³/mol. The van der Waals surface area contributed by atoms with Crippen LogP contribution in [0.25, 0.3) is 11.2 Å². The number of anilines is 1. The van der Waals surface area contributed by atoms with Crippen LogP contribution in [0.4, 0.5) is 10.6 Å². The Morgan fingerprint density at radius 1 is 1.39 bits per heavy atom. The van der Waals surface area contributed by atoms with Gasteiger partial charge in [0.15, 0.2) is 17.2 Å². The number of piperidine rings is 1. The third-order valence-electron chi connectivity index (χ3n) is 5.58. The van der Waals surface area contributed by atoms with E-state index >= 15 is 0 Å². The fourth-order valence-corrected chi connectivity index (χ4v) is 4.51. The Morgan fingerprint density at radius 3 is 2.84 bits per heavy atom. The molecule has 0 spiro atoms. The summed E-state index contributed by atoms with van der Waals surface area (Å²) in [5, 5.41) is 8.80. The van der Waals surface area contributed by atoms with Gasteiger partial charge in [0.05, 0.1) is 6.20 Å². The summed E-state index contributed by atoms with van der Waals surface area (Å²) in [6.45, 7) is 12.9. The Labute approximate surface area is 184 Å². The first-order chi connectivity index (χ1) is 14.6. The lowest BCUT2D eigenvalue weighted by atomic mass is 9.81. The van der Waals surface area contributed by atoms with E-state index in [9.17, 15) is 9.59 Å². The maximum absolute atomic E-state index is 12.6. The lowest BCUT2D eigenvalue weighted by Crippen LogP contribution is -2.64. The van der Waals surface area contributed by atoms with E-state index in [0.717, 1.165) is 19.2 Å². The van der Waals surface area contributed by atoms with Crippen LogP contribution in [0.1, 0.15) is 20.3 Å². The number of carbonyl (C=O) groups is 2. The Kier molecular flexibility index (Phi) is 7.12. The van der Waals surface area contributed by atoms with E-state index in [0.29, 0.717) is 42.6 Å². The largest absolute Gasteiger partial charge is 0.361 e. The molecule has 0 radical (unpaired) electrons. The molecule has 2 aromatic heterocycles. The second-order valence-electron chi connectivity index (χ2n) is 9.76. The van der Waals surface area contributed by atoms with Crippen molar-refractivity contribution in [1.29, 1.82) is 0 Å². The van der Waals surface area contributed by atoms with Gasteiger partial charge < -0.3 is 19.9 Å². The fourth-order valence-electron chi connectivity index (χ4n) is 3.75. The van der Waals surface area contributed by atoms with E-state index in [1.54, 1.807) is 0 Å². The standard InChI is InChI=1S/C21H34N6O3Si/c1-15-10-21(16(2)28,13-22-11-15)26-20(29)25-18-12-23-19-17(24-18)6-7-27(19)14-30-8-9-31(3,4)5/h6-7,12,15,22H,8-11,13-14H2,1-5H3,(H2,24,25,26,29)/t15-,21-/m1/s1. The summed E-state index contributed by atoms with van der Waals surface area (Å²) in [5.74, 6) is 0.564. The number of fused-ring (bicyclic) bond motifs is 1. The molecule has 3 rings (SSSR count). The van der Waals surface area contributed by atoms with E-state index < -0.39 is 19.6 Å². The maximum atomic E-state index is 12.6. The van der Waals surface area contributed by atoms with Crippen molar-refractivity contribution >= 4 is 36.9 Å². The number of carbonyl (C=O) groups excluding carboxylic acids is 2. The van der Waals surface area contributed by atoms with Crippen LogP contribution < -0.4 is 16.0 Å². The molecule has 0 aliphatic carbocycles. The first-order valence-corrected chi connectivity index (χ1v) is 14.5. The number of ether oxygens (including phenoxy) is 1. The summed E-state index contributed by atoms with van der Waals surface area (Å²) < 4.78 is 7.70. The average Bonchev–Trinajstić information content (AvgIpc) is 3.06. The number of ketones is 1. The van der Waals surface area contributed by atoms with Crippen molar-refractivity contribution in [3.05, 3.63) is 18.5 Å². The average molecular weight is 447 g/mol. The lowest BCUT2D eigenvalue weighted by molar-refractivity contribution is -0.124. The molecule has 10 heteroatoms. The monoisotopic (exact) mass is 446 g/mol. The van der Waals surface area contributed by atoms with Crippen molar-refractivity contribution in [2.75, 3.05) is 25.0 Å². The van der Waals surface area contributed by atoms with Crippen LogP contribution >= 0.6 is 0 Å². The molecule has 3 N–H and O–H groups in total. The second kappa shape index (κ2) is 9.45. The molecule has 170 valence electrons. The molecular weight excluding hydrogens is 412 g/mol. The van der Waals surface area contributed by atoms with Gasteiger partial charge in [0.25, 0.3) is 0 Å². The van der Waals surface area contributed by atoms with Gasteiger partial charge in [-0.25, -0.2) is 14.8 Å². The van der Waals surface area contributed by atoms with Crippen LogP contribution in [0, 0.1) is 5.92 Å². The predicted octanol–water partition coefficient (Wildman–Crippen LogP) is 2.82. The summed E-state index contributed by atoms with van der Waals surface area (Å²) in [6.07, 6.45) is 4.00. The number of aromatic nitrogens is 3. The van der Waals surface area contributed by atoms with Crippen molar-refractivity contribution < 1.29 is 14.3 Å². The molecule has 9 nitrogen and oxygen atoms in total. The second-order valence-corrected chi connectivity index (χ2v) is 15.4. The number of nitrogens with one attached hydrogen (secondary N) is 3. The van der Waals surface area contributed by atoms with Gasteiger partial charge in [0, 0.05) is 27.4 Å². The number of rotatable bonds is 8. The van der Waals surface area contributed by atoms with E-state index in [2.05, 4.69) is 52.5 Å². The van der Waals surface area contributed by atoms with Gasteiger partial charge in [-0.1, -0.05) is 26.6 Å². The highest BCUT2D eigenvalue weighted by Crippen LogP contribution is 2.22. The number of amides is 2. The van der Waals surface area contributed by atoms with Crippen LogP contribution in [0.3, 0.4) is 0 Å². The lowest BCUT2D eigenvalue weighted by Gasteiger charge is -2.39. The summed E-state index contributed by atoms with van der Waals surface area (Å²) in [5.41, 5.74) is 0.459. The Hall–Kier alpha value is -2.30. The minimum absolute atomic E-state index is 0.0607. The molecule has 2 atom stereocenters. The molecule has 1 fully saturated rings. The Bertz CT molecular complexity index is 941. The van der Waals surface area contributed by atoms with Crippen LogP contribution in [-0.2, 0) is 16.3 Å². The van der Waals surface area contributed by atoms with Crippen LogP contribution in [0.5, 0.6) is 0 Å². The third kappa shape index (κ3) is 6.11. The highest BCUT2D eigenvalue weighted by molar-refractivity contribution is 6.76. The molecule has 0 unspecified atom stereocenters. The molecule has 3 heterocycles. The van der Waals surface area contributed by atoms with Crippen molar-refractivity contribution in [1.82, 2.24) is 25.2 Å². The number of urea groups is 1. The molecule has 1 aliphatic rings. The van der Waals surface area contributed by atoms with E-state index in [1.807, 2.05) is 16.8 Å². The molecule has 0 aromatic carbocycles. The SMILES string of the molecule is CC(=O)[C@]1(NC(=O)Nc2cnc3c(ccn3COCC[Si](C)(C)C)n2)CNC[C@H](C)C1. The first-order valence-electron chi connectivity index (χ1n) is 10.8. The van der Waals surface area contributed by atoms with Gasteiger partial charge >= 0.3 is 6.03 Å². The normalized spacial score (nSPS) is 21.8. The van der Waals surface area contributed by atoms with Gasteiger partial charge in [-0.05, 0) is 37.9 Å². The Balaban J connectivity index is 1.62. The summed E-state index contributed by atoms with van der Waals surface area (Å²) in [6, 6.07) is 2.49. The minimum atomic E-state index is -1.12. The molecule has 1 saturated heterocycles. The van der Waals surface area contributed by atoms with E-state index in [1.165, 1.54) is 13.1 Å². The highest BCUT2D eigenvalue weighted by Gasteiger charge is 2.40. The zero-order valence-electron chi connectivity index (χ0n) is 19.1. The molecule has 1 aliphatic heterocycles. The maximum Gasteiger partial charge on any atom is 0.321 e. The molecule has 0 saturated carbocycles. The molecule has 2 amide bonds. The van der Waals surface area contributed by atoms with Crippen molar-refractivity contribution in [2.24, 2.45) is 5.92 Å². The molecule has 2 aromatic rings. The zero-order chi connectivity index (χ0) is 22.6. The van der Waals surface area contributed by atoms with Gasteiger partial charge in [0.2, 0.25) is 0 Å². The minimum Gasteiger partial charge on any atom is -0.361 e. The van der Waals surface area contributed by atoms with Crippen LogP contribution in [0.15, 0.2) is 18.5 Å². The van der Waals surface area contributed by atoms with Crippen molar-refractivity contribution in [2.45, 2.75) is 58.2 Å². The first kappa shape index (κ1) is 23.4. The smallest absolute Gasteiger partial charge is 0.321 e. The summed E-state index contributed by atoms with van der Waals surface area (Å²) in [4.78, 5) is 33.8. The zero-order valence-corrected chi connectivity index (χ0v) is 20.1. The third-order valence-corrected chi connectivity index (χ3v) is 7.28. The topological polar surface area (TPSA) is 110 Å². The summed E-state index contributed by atoms with van der Waals surface area (Å²) in [7, 11) is -1.12. The van der Waals surface area contributed by atoms with E-state index in [-0.39, 0.29) is 5.78 Å². The van der Waals surface area contributed by atoms with E-state index in [4.69, 9.17) is 4.74 Å². The number of hydrogen-bond acceptors (Lipinski definition) is 6. The molecular formula is C21H34N6O3Si. The van der Waals surface area contributed by atoms with Gasteiger partial charge in [-0.15, -0.1) is 0 Å². The van der Waals surface area contributed by atoms with Crippen molar-refractivity contribution in [3.8, 4) is 0 Å². The molecule has 0 bridgehead atoms. The van der Waals surface area contributed by atoms with Gasteiger partial charge in [-0.3, -0.25) is 10.1 Å². The van der Waals surface area contributed by atoms with Gasteiger partial charge in [0.1, 0.15) is 17.8 Å². The highest BCUT2D eigenvalue weighted by atomic mass is 28.3. The van der Waals surface area contributed by atoms with Crippen LogP contribution in [-0.4, -0.2) is 59.7 Å². The summed E-state index contributed by atoms with van der Waals surface area (Å²) >= 11 is 0. The number of hydrogen-bond donors (Lipinski definition) is 3. The van der Waals surface area contributed by atoms with Crippen LogP contribution in [0.2, 0.25) is 25.7 Å². The Morgan fingerprint density at radius 2 is 2.16 bits per heavy atom.